The van der Waals surface area contributed by atoms with Gasteiger partial charge in [-0.1, -0.05) is 37.0 Å². The van der Waals surface area contributed by atoms with Crippen molar-refractivity contribution >= 4 is 14.6 Å². The molecule has 7 heteroatoms. The van der Waals surface area contributed by atoms with Crippen molar-refractivity contribution in [1.82, 2.24) is 0 Å². The molecular weight excluding hydrogens is 439 g/mol. The minimum atomic E-state index is -1.38. The van der Waals surface area contributed by atoms with E-state index in [4.69, 9.17) is 4.74 Å². The molecule has 0 atom stereocenters. The fraction of sp³-hybridized carbons (Fsp3) is 0.440. The quantitative estimate of drug-likeness (QED) is 0.206. The second-order valence-corrected chi connectivity index (χ2v) is 12.0. The standard InChI is InChI=1S/C25H29F5OSi/c1-31-9-3-2-4-10-32-11-7-17(8-12-32)19-14-22(28)25(23(29)15-19)18-5-6-20(21(27)13-18)24(30)16-26/h5-6,13-17,32H,2-4,7-12H2,1H3/t17-,32-. The van der Waals surface area contributed by atoms with Crippen LogP contribution in [0.4, 0.5) is 22.0 Å². The Morgan fingerprint density at radius 1 is 1.00 bits per heavy atom. The van der Waals surface area contributed by atoms with E-state index in [0.29, 0.717) is 5.56 Å². The van der Waals surface area contributed by atoms with Gasteiger partial charge in [0.25, 0.3) is 0 Å². The van der Waals surface area contributed by atoms with Gasteiger partial charge in [0.2, 0.25) is 0 Å². The van der Waals surface area contributed by atoms with Crippen LogP contribution in [0.2, 0.25) is 18.1 Å². The van der Waals surface area contributed by atoms with Crippen LogP contribution in [-0.4, -0.2) is 22.5 Å². The molecule has 174 valence electrons. The van der Waals surface area contributed by atoms with Gasteiger partial charge in [0.1, 0.15) is 23.8 Å². The fourth-order valence-corrected chi connectivity index (χ4v) is 8.15. The molecule has 1 saturated heterocycles. The summed E-state index contributed by atoms with van der Waals surface area (Å²) in [4.78, 5) is 0. The van der Waals surface area contributed by atoms with Crippen LogP contribution < -0.4 is 0 Å². The summed E-state index contributed by atoms with van der Waals surface area (Å²) in [6.07, 6.45) is 5.07. The molecule has 0 amide bonds. The monoisotopic (exact) mass is 468 g/mol. The summed E-state index contributed by atoms with van der Waals surface area (Å²) < 4.78 is 74.5. The first-order valence-corrected chi connectivity index (χ1v) is 13.6. The molecule has 1 heterocycles. The smallest absolute Gasteiger partial charge is 0.161 e. The lowest BCUT2D eigenvalue weighted by Gasteiger charge is -2.28. The summed E-state index contributed by atoms with van der Waals surface area (Å²) in [5.41, 5.74) is -0.361. The maximum absolute atomic E-state index is 14.8. The van der Waals surface area contributed by atoms with Crippen LogP contribution in [0.15, 0.2) is 36.7 Å². The first-order chi connectivity index (χ1) is 15.4. The number of rotatable bonds is 9. The average molecular weight is 469 g/mol. The average Bonchev–Trinajstić information content (AvgIpc) is 2.78. The summed E-state index contributed by atoms with van der Waals surface area (Å²) in [7, 11) is 0.941. The lowest BCUT2D eigenvalue weighted by atomic mass is 9.91. The Morgan fingerprint density at radius 3 is 2.28 bits per heavy atom. The molecular formula is C25H29F5OSi. The largest absolute Gasteiger partial charge is 0.385 e. The van der Waals surface area contributed by atoms with Crippen LogP contribution in [0.25, 0.3) is 17.0 Å². The van der Waals surface area contributed by atoms with Crippen molar-refractivity contribution in [2.45, 2.75) is 56.2 Å². The Balaban J connectivity index is 1.66. The highest BCUT2D eigenvalue weighted by Gasteiger charge is 2.25. The molecule has 0 saturated carbocycles. The van der Waals surface area contributed by atoms with Crippen molar-refractivity contribution in [2.24, 2.45) is 0 Å². The molecule has 1 fully saturated rings. The van der Waals surface area contributed by atoms with Crippen LogP contribution >= 0.6 is 0 Å². The molecule has 1 aliphatic heterocycles. The number of halogens is 5. The van der Waals surface area contributed by atoms with E-state index in [1.54, 1.807) is 7.11 Å². The summed E-state index contributed by atoms with van der Waals surface area (Å²) in [5.74, 6) is -3.87. The van der Waals surface area contributed by atoms with E-state index in [0.717, 1.165) is 38.0 Å². The Hall–Kier alpha value is -1.99. The first-order valence-electron chi connectivity index (χ1n) is 11.2. The van der Waals surface area contributed by atoms with Gasteiger partial charge >= 0.3 is 0 Å². The van der Waals surface area contributed by atoms with E-state index >= 15 is 0 Å². The highest BCUT2D eigenvalue weighted by Crippen LogP contribution is 2.38. The van der Waals surface area contributed by atoms with Gasteiger partial charge in [-0.2, -0.15) is 0 Å². The molecule has 0 bridgehead atoms. The normalized spacial score (nSPS) is 19.4. The highest BCUT2D eigenvalue weighted by atomic mass is 28.3. The minimum absolute atomic E-state index is 0.0518. The Labute approximate surface area is 187 Å². The fourth-order valence-electron chi connectivity index (χ4n) is 4.67. The van der Waals surface area contributed by atoms with Crippen molar-refractivity contribution in [3.63, 3.8) is 0 Å². The molecule has 0 unspecified atom stereocenters. The highest BCUT2D eigenvalue weighted by molar-refractivity contribution is 6.59. The lowest BCUT2D eigenvalue weighted by Crippen LogP contribution is -2.20. The van der Waals surface area contributed by atoms with Crippen LogP contribution in [0.1, 0.15) is 49.1 Å². The van der Waals surface area contributed by atoms with Gasteiger partial charge in [-0.25, -0.2) is 22.0 Å². The molecule has 0 N–H and O–H groups in total. The third-order valence-corrected chi connectivity index (χ3v) is 9.98. The molecule has 3 rings (SSSR count). The van der Waals surface area contributed by atoms with Gasteiger partial charge in [0, 0.05) is 28.1 Å². The number of ether oxygens (including phenoxy) is 1. The van der Waals surface area contributed by atoms with Crippen LogP contribution in [0.3, 0.4) is 0 Å². The third kappa shape index (κ3) is 6.07. The van der Waals surface area contributed by atoms with E-state index in [1.165, 1.54) is 49.2 Å². The number of hydrogen-bond acceptors (Lipinski definition) is 1. The van der Waals surface area contributed by atoms with Crippen molar-refractivity contribution in [3.05, 3.63) is 65.2 Å². The predicted molar refractivity (Wildman–Crippen MR) is 121 cm³/mol. The maximum Gasteiger partial charge on any atom is 0.161 e. The minimum Gasteiger partial charge on any atom is -0.385 e. The number of benzene rings is 2. The molecule has 1 nitrogen and oxygen atoms in total. The second-order valence-electron chi connectivity index (χ2n) is 8.57. The van der Waals surface area contributed by atoms with Gasteiger partial charge in [-0.05, 0) is 60.6 Å². The summed E-state index contributed by atoms with van der Waals surface area (Å²) in [6.45, 7) is 0.809. The van der Waals surface area contributed by atoms with Crippen LogP contribution in [-0.2, 0) is 4.74 Å². The zero-order chi connectivity index (χ0) is 23.1. The zero-order valence-electron chi connectivity index (χ0n) is 18.3. The summed E-state index contributed by atoms with van der Waals surface area (Å²) in [6, 6.07) is 9.34. The molecule has 2 aromatic rings. The Kier molecular flexibility index (Phi) is 9.05. The Bertz CT molecular complexity index is 915. The first kappa shape index (κ1) is 24.6. The molecule has 32 heavy (non-hydrogen) atoms. The molecule has 0 radical (unpaired) electrons. The molecule has 0 aliphatic carbocycles. The number of unbranched alkanes of at least 4 members (excludes halogenated alkanes) is 2. The Morgan fingerprint density at radius 2 is 1.69 bits per heavy atom. The number of hydrogen-bond donors (Lipinski definition) is 0. The van der Waals surface area contributed by atoms with E-state index in [2.05, 4.69) is 0 Å². The zero-order valence-corrected chi connectivity index (χ0v) is 19.4. The van der Waals surface area contributed by atoms with Crippen LogP contribution in [0, 0.1) is 17.5 Å². The molecule has 0 spiro atoms. The molecule has 2 aromatic carbocycles. The third-order valence-electron chi connectivity index (χ3n) is 6.45. The predicted octanol–water partition coefficient (Wildman–Crippen LogP) is 7.93. The second kappa shape index (κ2) is 11.7. The summed E-state index contributed by atoms with van der Waals surface area (Å²) >= 11 is 0. The maximum atomic E-state index is 14.8. The van der Waals surface area contributed by atoms with Gasteiger partial charge in [-0.15, -0.1) is 0 Å². The lowest BCUT2D eigenvalue weighted by molar-refractivity contribution is 0.192. The molecule has 0 aromatic heterocycles. The molecule has 1 aliphatic rings. The van der Waals surface area contributed by atoms with Gasteiger partial charge in [0.05, 0.1) is 5.56 Å². The van der Waals surface area contributed by atoms with Gasteiger partial charge in [0.15, 0.2) is 5.83 Å². The topological polar surface area (TPSA) is 9.23 Å². The van der Waals surface area contributed by atoms with Crippen LogP contribution in [0.5, 0.6) is 0 Å². The van der Waals surface area contributed by atoms with Crippen molar-refractivity contribution in [2.75, 3.05) is 13.7 Å². The SMILES string of the molecule is COCCCCC[Si@H]1CC[C@H](c2cc(F)c(-c3ccc(C(F)=CF)c(F)c3)c(F)c2)CC1. The van der Waals surface area contributed by atoms with E-state index < -0.39 is 37.6 Å². The van der Waals surface area contributed by atoms with Gasteiger partial charge in [-0.3, -0.25) is 0 Å². The van der Waals surface area contributed by atoms with Gasteiger partial charge < -0.3 is 4.74 Å². The number of methoxy groups -OCH3 is 1. The van der Waals surface area contributed by atoms with Crippen molar-refractivity contribution in [3.8, 4) is 11.1 Å². The van der Waals surface area contributed by atoms with Crippen molar-refractivity contribution < 1.29 is 26.7 Å². The summed E-state index contributed by atoms with van der Waals surface area (Å²) in [5, 5.41) is 0. The van der Waals surface area contributed by atoms with E-state index in [1.807, 2.05) is 0 Å². The van der Waals surface area contributed by atoms with Crippen molar-refractivity contribution in [1.29, 1.82) is 0 Å². The van der Waals surface area contributed by atoms with E-state index in [9.17, 15) is 22.0 Å². The van der Waals surface area contributed by atoms with E-state index in [-0.39, 0.29) is 23.4 Å².